The smallest absolute Gasteiger partial charge is 0.274 e. The predicted molar refractivity (Wildman–Crippen MR) is 90.1 cm³/mol. The molecule has 0 aromatic carbocycles. The maximum absolute atomic E-state index is 12.6. The van der Waals surface area contributed by atoms with Gasteiger partial charge in [-0.15, -0.1) is 0 Å². The number of pyridine rings is 1. The molecule has 0 bridgehead atoms. The van der Waals surface area contributed by atoms with E-state index in [1.54, 1.807) is 29.5 Å². The first kappa shape index (κ1) is 15.4. The van der Waals surface area contributed by atoms with Crippen LogP contribution in [0.25, 0.3) is 11.5 Å². The topological polar surface area (TPSA) is 84.2 Å². The Morgan fingerprint density at radius 2 is 2.12 bits per heavy atom. The Morgan fingerprint density at radius 1 is 1.24 bits per heavy atom. The van der Waals surface area contributed by atoms with Gasteiger partial charge < -0.3 is 14.1 Å². The molecule has 128 valence electrons. The van der Waals surface area contributed by atoms with Crippen LogP contribution in [0.4, 0.5) is 0 Å². The molecule has 1 saturated heterocycles. The lowest BCUT2D eigenvalue weighted by Crippen LogP contribution is -2.42. The number of piperidine rings is 1. The number of H-pyrrole nitrogens is 1. The highest BCUT2D eigenvalue weighted by Gasteiger charge is 2.26. The van der Waals surface area contributed by atoms with Gasteiger partial charge in [0.2, 0.25) is 5.88 Å². The number of nitrogens with zero attached hydrogens (tertiary/aromatic N) is 3. The number of amides is 1. The fraction of sp³-hybridized carbons (Fsp3) is 0.278. The standard InChI is InChI=1S/C18H18N4O3/c23-18(15-12-14(20-21-15)16-4-3-11-24-16)22-9-6-13(7-10-22)25-17-5-1-2-8-19-17/h1-5,8,11-13H,6-7,9-10H2,(H,20,21). The fourth-order valence-electron chi connectivity index (χ4n) is 2.92. The molecule has 0 radical (unpaired) electrons. The van der Waals surface area contributed by atoms with Gasteiger partial charge in [0.05, 0.1) is 6.26 Å². The molecule has 0 saturated carbocycles. The lowest BCUT2D eigenvalue weighted by atomic mass is 10.1. The van der Waals surface area contributed by atoms with Crippen LogP contribution in [-0.4, -0.2) is 45.2 Å². The molecule has 1 fully saturated rings. The average Bonchev–Trinajstić information content (AvgIpc) is 3.34. The zero-order valence-corrected chi connectivity index (χ0v) is 13.6. The van der Waals surface area contributed by atoms with Crippen molar-refractivity contribution in [2.45, 2.75) is 18.9 Å². The van der Waals surface area contributed by atoms with Gasteiger partial charge >= 0.3 is 0 Å². The predicted octanol–water partition coefficient (Wildman–Crippen LogP) is 2.75. The zero-order valence-electron chi connectivity index (χ0n) is 13.6. The van der Waals surface area contributed by atoms with Crippen molar-refractivity contribution in [3.63, 3.8) is 0 Å². The van der Waals surface area contributed by atoms with Crippen LogP contribution in [0.5, 0.6) is 5.88 Å². The van der Waals surface area contributed by atoms with Crippen LogP contribution in [0.3, 0.4) is 0 Å². The Balaban J connectivity index is 1.35. The number of hydrogen-bond acceptors (Lipinski definition) is 5. The van der Waals surface area contributed by atoms with E-state index in [-0.39, 0.29) is 12.0 Å². The largest absolute Gasteiger partial charge is 0.474 e. The highest BCUT2D eigenvalue weighted by atomic mass is 16.5. The van der Waals surface area contributed by atoms with Gasteiger partial charge in [0, 0.05) is 44.3 Å². The maximum Gasteiger partial charge on any atom is 0.274 e. The molecule has 25 heavy (non-hydrogen) atoms. The lowest BCUT2D eigenvalue weighted by Gasteiger charge is -2.31. The minimum absolute atomic E-state index is 0.0784. The molecule has 4 heterocycles. The van der Waals surface area contributed by atoms with Gasteiger partial charge in [-0.25, -0.2) is 4.98 Å². The average molecular weight is 338 g/mol. The maximum atomic E-state index is 12.6. The Labute approximate surface area is 144 Å². The lowest BCUT2D eigenvalue weighted by molar-refractivity contribution is 0.0582. The third kappa shape index (κ3) is 3.40. The number of aromatic nitrogens is 3. The van der Waals surface area contributed by atoms with Crippen LogP contribution in [-0.2, 0) is 0 Å². The first-order valence-corrected chi connectivity index (χ1v) is 8.26. The quantitative estimate of drug-likeness (QED) is 0.791. The third-order valence-corrected chi connectivity index (χ3v) is 4.24. The summed E-state index contributed by atoms with van der Waals surface area (Å²) in [6.45, 7) is 1.28. The van der Waals surface area contributed by atoms with Crippen molar-refractivity contribution < 1.29 is 13.9 Å². The summed E-state index contributed by atoms with van der Waals surface area (Å²) in [4.78, 5) is 18.6. The van der Waals surface area contributed by atoms with E-state index in [0.29, 0.717) is 36.1 Å². The van der Waals surface area contributed by atoms with Crippen molar-refractivity contribution >= 4 is 5.91 Å². The Bertz CT molecular complexity index is 821. The number of hydrogen-bond donors (Lipinski definition) is 1. The van der Waals surface area contributed by atoms with Gasteiger partial charge in [-0.2, -0.15) is 5.10 Å². The molecule has 3 aromatic heterocycles. The molecule has 1 amide bonds. The van der Waals surface area contributed by atoms with Crippen molar-refractivity contribution in [2.75, 3.05) is 13.1 Å². The van der Waals surface area contributed by atoms with Gasteiger partial charge in [-0.05, 0) is 18.2 Å². The Morgan fingerprint density at radius 3 is 2.84 bits per heavy atom. The molecule has 0 atom stereocenters. The molecule has 1 aliphatic rings. The summed E-state index contributed by atoms with van der Waals surface area (Å²) in [7, 11) is 0. The number of aromatic amines is 1. The number of furan rings is 1. The Kier molecular flexibility index (Phi) is 4.20. The fourth-order valence-corrected chi connectivity index (χ4v) is 2.92. The summed E-state index contributed by atoms with van der Waals surface area (Å²) >= 11 is 0. The third-order valence-electron chi connectivity index (χ3n) is 4.24. The second kappa shape index (κ2) is 6.80. The molecule has 7 nitrogen and oxygen atoms in total. The van der Waals surface area contributed by atoms with E-state index in [4.69, 9.17) is 9.15 Å². The number of nitrogens with one attached hydrogen (secondary N) is 1. The molecular formula is C18H18N4O3. The Hall–Kier alpha value is -3.09. The van der Waals surface area contributed by atoms with Gasteiger partial charge in [0.1, 0.15) is 11.8 Å². The molecule has 3 aromatic rings. The van der Waals surface area contributed by atoms with E-state index in [0.717, 1.165) is 12.8 Å². The monoisotopic (exact) mass is 338 g/mol. The number of rotatable bonds is 4. The van der Waals surface area contributed by atoms with E-state index in [1.807, 2.05) is 24.3 Å². The van der Waals surface area contributed by atoms with Crippen molar-refractivity contribution in [1.82, 2.24) is 20.1 Å². The molecule has 0 spiro atoms. The van der Waals surface area contributed by atoms with Gasteiger partial charge in [-0.1, -0.05) is 6.07 Å². The van der Waals surface area contributed by atoms with Crippen LogP contribution in [0, 0.1) is 0 Å². The van der Waals surface area contributed by atoms with Crippen LogP contribution in [0.1, 0.15) is 23.3 Å². The summed E-state index contributed by atoms with van der Waals surface area (Å²) in [5.41, 5.74) is 1.09. The van der Waals surface area contributed by atoms with Gasteiger partial charge in [0.25, 0.3) is 5.91 Å². The number of ether oxygens (including phenoxy) is 1. The SMILES string of the molecule is O=C(c1cc(-c2ccco2)[nH]n1)N1CCC(Oc2ccccn2)CC1. The van der Waals surface area contributed by atoms with Gasteiger partial charge in [-0.3, -0.25) is 9.89 Å². The molecule has 1 N–H and O–H groups in total. The van der Waals surface area contributed by atoms with Crippen molar-refractivity contribution in [3.8, 4) is 17.3 Å². The first-order chi connectivity index (χ1) is 12.3. The van der Waals surface area contributed by atoms with Crippen molar-refractivity contribution in [2.24, 2.45) is 0 Å². The van der Waals surface area contributed by atoms with Crippen molar-refractivity contribution in [1.29, 1.82) is 0 Å². The van der Waals surface area contributed by atoms with Crippen LogP contribution >= 0.6 is 0 Å². The van der Waals surface area contributed by atoms with E-state index in [2.05, 4.69) is 15.2 Å². The number of likely N-dealkylation sites (tertiary alicyclic amines) is 1. The highest BCUT2D eigenvalue weighted by Crippen LogP contribution is 2.21. The number of carbonyl (C=O) groups is 1. The van der Waals surface area contributed by atoms with Crippen LogP contribution < -0.4 is 4.74 Å². The second-order valence-corrected chi connectivity index (χ2v) is 5.92. The summed E-state index contributed by atoms with van der Waals surface area (Å²) in [5.74, 6) is 1.21. The molecule has 1 aliphatic heterocycles. The zero-order chi connectivity index (χ0) is 17.1. The number of carbonyl (C=O) groups excluding carboxylic acids is 1. The van der Waals surface area contributed by atoms with Crippen molar-refractivity contribution in [3.05, 3.63) is 54.6 Å². The summed E-state index contributed by atoms with van der Waals surface area (Å²) in [6, 6.07) is 10.9. The van der Waals surface area contributed by atoms with Crippen LogP contribution in [0.15, 0.2) is 53.3 Å². The summed E-state index contributed by atoms with van der Waals surface area (Å²) in [5, 5.41) is 6.96. The minimum atomic E-state index is -0.0784. The van der Waals surface area contributed by atoms with E-state index >= 15 is 0 Å². The molecule has 0 unspecified atom stereocenters. The molecule has 7 heteroatoms. The van der Waals surface area contributed by atoms with E-state index < -0.39 is 0 Å². The molecular weight excluding hydrogens is 320 g/mol. The molecule has 4 rings (SSSR count). The normalized spacial score (nSPS) is 15.3. The highest BCUT2D eigenvalue weighted by molar-refractivity contribution is 5.93. The summed E-state index contributed by atoms with van der Waals surface area (Å²) in [6.07, 6.45) is 4.93. The van der Waals surface area contributed by atoms with E-state index in [9.17, 15) is 4.79 Å². The molecule has 0 aliphatic carbocycles. The van der Waals surface area contributed by atoms with Crippen LogP contribution in [0.2, 0.25) is 0 Å². The van der Waals surface area contributed by atoms with Gasteiger partial charge in [0.15, 0.2) is 11.5 Å². The minimum Gasteiger partial charge on any atom is -0.474 e. The summed E-state index contributed by atoms with van der Waals surface area (Å²) < 4.78 is 11.2. The second-order valence-electron chi connectivity index (χ2n) is 5.92. The van der Waals surface area contributed by atoms with E-state index in [1.165, 1.54) is 0 Å². The first-order valence-electron chi connectivity index (χ1n) is 8.26.